The lowest BCUT2D eigenvalue weighted by molar-refractivity contribution is -0.130. The number of likely N-dealkylation sites (tertiary alicyclic amines) is 1. The zero-order chi connectivity index (χ0) is 20.2. The summed E-state index contributed by atoms with van der Waals surface area (Å²) in [5.74, 6) is 2.04. The van der Waals surface area contributed by atoms with Crippen molar-refractivity contribution in [3.05, 3.63) is 35.2 Å². The summed E-state index contributed by atoms with van der Waals surface area (Å²) in [6.45, 7) is 9.95. The Morgan fingerprint density at radius 2 is 2.24 bits per heavy atom. The number of imidazole rings is 1. The van der Waals surface area contributed by atoms with E-state index in [2.05, 4.69) is 31.1 Å². The monoisotopic (exact) mass is 399 g/mol. The Morgan fingerprint density at radius 1 is 1.41 bits per heavy atom. The van der Waals surface area contributed by atoms with E-state index in [4.69, 9.17) is 9.26 Å². The number of hydrogen-bond acceptors (Lipinski definition) is 6. The summed E-state index contributed by atoms with van der Waals surface area (Å²) in [7, 11) is 0. The summed E-state index contributed by atoms with van der Waals surface area (Å²) in [6, 6.07) is -0.0290. The first-order chi connectivity index (χ1) is 13.9. The number of carbonyl (C=O) groups is 1. The third-order valence-electron chi connectivity index (χ3n) is 6.96. The molecule has 8 heteroatoms. The van der Waals surface area contributed by atoms with Crippen LogP contribution in [0.15, 0.2) is 16.9 Å². The predicted molar refractivity (Wildman–Crippen MR) is 105 cm³/mol. The molecular weight excluding hydrogens is 370 g/mol. The van der Waals surface area contributed by atoms with E-state index in [0.29, 0.717) is 13.2 Å². The molecule has 8 nitrogen and oxygen atoms in total. The molecule has 0 bridgehead atoms. The second-order valence-corrected chi connectivity index (χ2v) is 9.33. The summed E-state index contributed by atoms with van der Waals surface area (Å²) < 4.78 is 13.3. The van der Waals surface area contributed by atoms with Gasteiger partial charge in [0.15, 0.2) is 0 Å². The number of nitrogens with one attached hydrogen (secondary N) is 1. The van der Waals surface area contributed by atoms with Gasteiger partial charge in [0.2, 0.25) is 5.91 Å². The lowest BCUT2D eigenvalue weighted by Gasteiger charge is -2.49. The molecule has 1 N–H and O–H groups in total. The fourth-order valence-corrected chi connectivity index (χ4v) is 4.77. The second kappa shape index (κ2) is 6.67. The molecule has 3 aliphatic rings. The molecule has 3 aliphatic heterocycles. The average molecular weight is 399 g/mol. The Kier molecular flexibility index (Phi) is 4.33. The molecule has 2 aromatic rings. The van der Waals surface area contributed by atoms with E-state index in [1.54, 1.807) is 0 Å². The van der Waals surface area contributed by atoms with Gasteiger partial charge >= 0.3 is 0 Å². The second-order valence-electron chi connectivity index (χ2n) is 9.33. The van der Waals surface area contributed by atoms with Crippen molar-refractivity contribution in [2.24, 2.45) is 5.41 Å². The van der Waals surface area contributed by atoms with Crippen molar-refractivity contribution in [1.29, 1.82) is 0 Å². The smallest absolute Gasteiger partial charge is 0.226 e. The number of hydrogen-bond donors (Lipinski definition) is 1. The maximum atomic E-state index is 12.7. The third kappa shape index (κ3) is 3.00. The molecule has 2 aromatic heterocycles. The minimum Gasteiger partial charge on any atom is -0.376 e. The largest absolute Gasteiger partial charge is 0.376 e. The van der Waals surface area contributed by atoms with Crippen molar-refractivity contribution in [2.75, 3.05) is 19.7 Å². The van der Waals surface area contributed by atoms with Gasteiger partial charge in [-0.1, -0.05) is 25.9 Å². The van der Waals surface area contributed by atoms with Crippen molar-refractivity contribution in [3.8, 4) is 0 Å². The van der Waals surface area contributed by atoms with E-state index in [-0.39, 0.29) is 22.9 Å². The van der Waals surface area contributed by atoms with E-state index >= 15 is 0 Å². The zero-order valence-corrected chi connectivity index (χ0v) is 17.4. The van der Waals surface area contributed by atoms with Crippen molar-refractivity contribution >= 4 is 5.91 Å². The predicted octanol–water partition coefficient (Wildman–Crippen LogP) is 2.15. The number of amides is 1. The molecule has 0 aliphatic carbocycles. The van der Waals surface area contributed by atoms with E-state index < -0.39 is 0 Å². The summed E-state index contributed by atoms with van der Waals surface area (Å²) in [6.07, 6.45) is 6.40. The van der Waals surface area contributed by atoms with E-state index in [1.807, 2.05) is 27.0 Å². The van der Waals surface area contributed by atoms with E-state index in [1.165, 1.54) is 0 Å². The van der Waals surface area contributed by atoms with Crippen LogP contribution in [0.3, 0.4) is 0 Å². The fraction of sp³-hybridized carbons (Fsp3) is 0.667. The molecular formula is C21H29N5O3. The Balaban J connectivity index is 1.27. The van der Waals surface area contributed by atoms with Gasteiger partial charge in [-0.3, -0.25) is 9.69 Å². The van der Waals surface area contributed by atoms with Crippen LogP contribution in [-0.2, 0) is 34.6 Å². The number of nitrogens with zero attached hydrogens (tertiary/aromatic N) is 4. The highest BCUT2D eigenvalue weighted by atomic mass is 16.5. The van der Waals surface area contributed by atoms with Crippen LogP contribution in [0.2, 0.25) is 0 Å². The highest BCUT2D eigenvalue weighted by Gasteiger charge is 2.52. The first-order valence-corrected chi connectivity index (χ1v) is 10.5. The van der Waals surface area contributed by atoms with Crippen molar-refractivity contribution < 1.29 is 14.1 Å². The van der Waals surface area contributed by atoms with E-state index in [0.717, 1.165) is 61.7 Å². The number of ether oxygens (including phenoxy) is 1. The Hall–Kier alpha value is -2.19. The molecule has 29 heavy (non-hydrogen) atoms. The molecule has 0 saturated carbocycles. The summed E-state index contributed by atoms with van der Waals surface area (Å²) in [4.78, 5) is 19.7. The maximum absolute atomic E-state index is 12.7. The van der Waals surface area contributed by atoms with Gasteiger partial charge < -0.3 is 19.1 Å². The van der Waals surface area contributed by atoms with Gasteiger partial charge in [-0.05, 0) is 6.42 Å². The Morgan fingerprint density at radius 3 is 3.03 bits per heavy atom. The molecule has 1 amide bonds. The molecule has 156 valence electrons. The van der Waals surface area contributed by atoms with Gasteiger partial charge in [-0.2, -0.15) is 0 Å². The molecule has 0 radical (unpaired) electrons. The Labute approximate surface area is 170 Å². The van der Waals surface area contributed by atoms with Gasteiger partial charge in [0.1, 0.15) is 17.3 Å². The van der Waals surface area contributed by atoms with Gasteiger partial charge in [0, 0.05) is 55.8 Å². The lowest BCUT2D eigenvalue weighted by Crippen LogP contribution is -2.60. The normalized spacial score (nSPS) is 22.9. The highest BCUT2D eigenvalue weighted by Crippen LogP contribution is 2.45. The highest BCUT2D eigenvalue weighted by molar-refractivity contribution is 5.82. The zero-order valence-electron chi connectivity index (χ0n) is 17.4. The molecule has 5 heterocycles. The van der Waals surface area contributed by atoms with Crippen LogP contribution in [-0.4, -0.2) is 45.2 Å². The standard InChI is InChI=1S/C21H29N5O3/c1-4-20(2,3)19(27)23-15-9-21(26-7-6-22-18(15)26)12-25(13-21)10-16-14-11-28-8-5-17(14)29-24-16/h6-7,15H,4-5,8-13H2,1-3H3,(H,23,27). The minimum absolute atomic E-state index is 0.000431. The Bertz CT molecular complexity index is 925. The van der Waals surface area contributed by atoms with Crippen LogP contribution in [0.1, 0.15) is 62.5 Å². The summed E-state index contributed by atoms with van der Waals surface area (Å²) in [5.41, 5.74) is 1.75. The van der Waals surface area contributed by atoms with E-state index in [9.17, 15) is 4.79 Å². The number of carbonyl (C=O) groups excluding carboxylic acids is 1. The molecule has 1 atom stereocenters. The fourth-order valence-electron chi connectivity index (χ4n) is 4.77. The number of rotatable bonds is 5. The summed E-state index contributed by atoms with van der Waals surface area (Å²) >= 11 is 0. The quantitative estimate of drug-likeness (QED) is 0.829. The molecule has 1 unspecified atom stereocenters. The third-order valence-corrected chi connectivity index (χ3v) is 6.96. The first kappa shape index (κ1) is 18.8. The van der Waals surface area contributed by atoms with Crippen LogP contribution < -0.4 is 5.32 Å². The molecule has 1 fully saturated rings. The van der Waals surface area contributed by atoms with Crippen LogP contribution in [0.5, 0.6) is 0 Å². The van der Waals surface area contributed by atoms with Crippen LogP contribution >= 0.6 is 0 Å². The van der Waals surface area contributed by atoms with Crippen molar-refractivity contribution in [2.45, 2.75) is 64.8 Å². The van der Waals surface area contributed by atoms with Crippen molar-refractivity contribution in [3.63, 3.8) is 0 Å². The number of aromatic nitrogens is 3. The lowest BCUT2D eigenvalue weighted by atomic mass is 9.85. The van der Waals surface area contributed by atoms with Gasteiger partial charge in [0.25, 0.3) is 0 Å². The van der Waals surface area contributed by atoms with Crippen LogP contribution in [0.25, 0.3) is 0 Å². The van der Waals surface area contributed by atoms with Gasteiger partial charge in [-0.15, -0.1) is 0 Å². The van der Waals surface area contributed by atoms with Crippen molar-refractivity contribution in [1.82, 2.24) is 24.9 Å². The maximum Gasteiger partial charge on any atom is 0.226 e. The van der Waals surface area contributed by atoms with Crippen LogP contribution in [0.4, 0.5) is 0 Å². The SMILES string of the molecule is CCC(C)(C)C(=O)NC1CC2(CN(Cc3noc4c3COCC4)C2)n2ccnc21. The summed E-state index contributed by atoms with van der Waals surface area (Å²) in [5, 5.41) is 7.54. The molecule has 0 aromatic carbocycles. The van der Waals surface area contributed by atoms with Crippen LogP contribution in [0, 0.1) is 5.41 Å². The number of fused-ring (bicyclic) bond motifs is 3. The first-order valence-electron chi connectivity index (χ1n) is 10.5. The van der Waals surface area contributed by atoms with Gasteiger partial charge in [-0.25, -0.2) is 4.98 Å². The topological polar surface area (TPSA) is 85.4 Å². The molecule has 5 rings (SSSR count). The average Bonchev–Trinajstić information content (AvgIpc) is 3.38. The molecule has 1 saturated heterocycles. The molecule has 1 spiro atoms. The minimum atomic E-state index is -0.368. The van der Waals surface area contributed by atoms with Gasteiger partial charge in [0.05, 0.1) is 24.8 Å².